The average molecular weight is 372 g/mol. The van der Waals surface area contributed by atoms with Crippen molar-refractivity contribution in [2.45, 2.75) is 36.6 Å². The summed E-state index contributed by atoms with van der Waals surface area (Å²) in [6.45, 7) is 2.17. The summed E-state index contributed by atoms with van der Waals surface area (Å²) in [5, 5.41) is 3.57. The summed E-state index contributed by atoms with van der Waals surface area (Å²) < 4.78 is 27.2. The van der Waals surface area contributed by atoms with Crippen LogP contribution < -0.4 is 5.32 Å². The van der Waals surface area contributed by atoms with Crippen molar-refractivity contribution in [3.8, 4) is 11.4 Å². The summed E-state index contributed by atoms with van der Waals surface area (Å²) >= 11 is 0. The lowest BCUT2D eigenvalue weighted by atomic mass is 10.1. The van der Waals surface area contributed by atoms with Crippen molar-refractivity contribution in [1.29, 1.82) is 0 Å². The van der Waals surface area contributed by atoms with Crippen molar-refractivity contribution in [1.82, 2.24) is 19.6 Å². The van der Waals surface area contributed by atoms with E-state index in [0.29, 0.717) is 25.0 Å². The summed E-state index contributed by atoms with van der Waals surface area (Å²) in [6.07, 6.45) is 7.21. The molecule has 0 spiro atoms. The highest BCUT2D eigenvalue weighted by atomic mass is 32.2. The number of nitrogens with zero attached hydrogens (tertiary/aromatic N) is 3. The van der Waals surface area contributed by atoms with Gasteiger partial charge < -0.3 is 5.32 Å². The Bertz CT molecular complexity index is 828. The zero-order valence-electron chi connectivity index (χ0n) is 14.7. The minimum absolute atomic E-state index is 0.168. The van der Waals surface area contributed by atoms with Crippen LogP contribution in [-0.2, 0) is 10.0 Å². The minimum atomic E-state index is -3.52. The van der Waals surface area contributed by atoms with Crippen molar-refractivity contribution < 1.29 is 8.42 Å². The zero-order chi connectivity index (χ0) is 18.0. The van der Waals surface area contributed by atoms with Gasteiger partial charge in [0.1, 0.15) is 4.90 Å². The molecule has 7 heteroatoms. The maximum Gasteiger partial charge on any atom is 0.246 e. The predicted octanol–water partition coefficient (Wildman–Crippen LogP) is 2.30. The van der Waals surface area contributed by atoms with E-state index in [0.717, 1.165) is 30.9 Å². The van der Waals surface area contributed by atoms with E-state index < -0.39 is 10.0 Å². The molecule has 2 fully saturated rings. The van der Waals surface area contributed by atoms with Gasteiger partial charge in [-0.3, -0.25) is 0 Å². The van der Waals surface area contributed by atoms with Gasteiger partial charge in [0, 0.05) is 24.7 Å². The third kappa shape index (κ3) is 3.95. The topological polar surface area (TPSA) is 75.2 Å². The Balaban J connectivity index is 1.40. The first-order valence-corrected chi connectivity index (χ1v) is 10.7. The van der Waals surface area contributed by atoms with Gasteiger partial charge >= 0.3 is 0 Å². The number of hydrogen-bond acceptors (Lipinski definition) is 5. The van der Waals surface area contributed by atoms with Gasteiger partial charge in [0.2, 0.25) is 10.0 Å². The van der Waals surface area contributed by atoms with Gasteiger partial charge in [0.05, 0.1) is 12.4 Å². The second-order valence-corrected chi connectivity index (χ2v) is 9.08. The molecule has 0 atom stereocenters. The van der Waals surface area contributed by atoms with Crippen molar-refractivity contribution in [2.75, 3.05) is 19.6 Å². The fourth-order valence-electron chi connectivity index (χ4n) is 3.29. The van der Waals surface area contributed by atoms with Crippen molar-refractivity contribution in [2.24, 2.45) is 5.92 Å². The second kappa shape index (κ2) is 7.42. The molecule has 1 aromatic carbocycles. The Morgan fingerprint density at radius 3 is 2.27 bits per heavy atom. The van der Waals surface area contributed by atoms with Gasteiger partial charge in [-0.05, 0) is 38.1 Å². The molecule has 4 rings (SSSR count). The molecule has 1 saturated carbocycles. The molecule has 0 bridgehead atoms. The number of nitrogens with one attached hydrogen (secondary N) is 1. The molecule has 1 aromatic heterocycles. The molecule has 0 amide bonds. The molecule has 2 aliphatic rings. The van der Waals surface area contributed by atoms with E-state index in [2.05, 4.69) is 15.3 Å². The molecule has 1 aliphatic heterocycles. The highest BCUT2D eigenvalue weighted by molar-refractivity contribution is 7.89. The highest BCUT2D eigenvalue weighted by Gasteiger charge is 2.30. The number of benzene rings is 1. The Labute approximate surface area is 154 Å². The van der Waals surface area contributed by atoms with E-state index in [1.54, 1.807) is 4.31 Å². The van der Waals surface area contributed by atoms with E-state index in [4.69, 9.17) is 0 Å². The zero-order valence-corrected chi connectivity index (χ0v) is 15.5. The van der Waals surface area contributed by atoms with Crippen molar-refractivity contribution in [3.05, 3.63) is 42.7 Å². The van der Waals surface area contributed by atoms with Crippen LogP contribution in [-0.4, -0.2) is 48.4 Å². The predicted molar refractivity (Wildman–Crippen MR) is 100.0 cm³/mol. The SMILES string of the molecule is O=S(=O)(c1cnc(-c2ccccc2)nc1)N1CCC(NCC2CC2)CC1. The summed E-state index contributed by atoms with van der Waals surface area (Å²) in [4.78, 5) is 8.67. The van der Waals surface area contributed by atoms with Crippen LogP contribution in [0, 0.1) is 5.92 Å². The fourth-order valence-corrected chi connectivity index (χ4v) is 4.65. The Kier molecular flexibility index (Phi) is 5.02. The summed E-state index contributed by atoms with van der Waals surface area (Å²) in [7, 11) is -3.52. The van der Waals surface area contributed by atoms with Crippen LogP contribution in [0.4, 0.5) is 0 Å². The molecule has 138 valence electrons. The fraction of sp³-hybridized carbons (Fsp3) is 0.474. The molecule has 0 radical (unpaired) electrons. The van der Waals surface area contributed by atoms with E-state index in [1.165, 1.54) is 25.2 Å². The first-order valence-electron chi connectivity index (χ1n) is 9.24. The number of hydrogen-bond donors (Lipinski definition) is 1. The van der Waals surface area contributed by atoms with Gasteiger partial charge in [-0.25, -0.2) is 18.4 Å². The highest BCUT2D eigenvalue weighted by Crippen LogP contribution is 2.28. The Morgan fingerprint density at radius 1 is 1.00 bits per heavy atom. The lowest BCUT2D eigenvalue weighted by molar-refractivity contribution is 0.288. The standard InChI is InChI=1S/C19H24N4O2S/c24-26(25,23-10-8-17(9-11-23)20-12-15-6-7-15)18-13-21-19(22-14-18)16-4-2-1-3-5-16/h1-5,13-15,17,20H,6-12H2. The normalized spacial score (nSPS) is 19.5. The van der Waals surface area contributed by atoms with E-state index >= 15 is 0 Å². The van der Waals surface area contributed by atoms with Gasteiger partial charge in [-0.1, -0.05) is 30.3 Å². The third-order valence-corrected chi connectivity index (χ3v) is 7.00. The van der Waals surface area contributed by atoms with Crippen LogP contribution in [0.15, 0.2) is 47.6 Å². The molecule has 6 nitrogen and oxygen atoms in total. The van der Waals surface area contributed by atoms with Crippen molar-refractivity contribution in [3.63, 3.8) is 0 Å². The molecule has 2 aromatic rings. The summed E-state index contributed by atoms with van der Waals surface area (Å²) in [5.74, 6) is 1.38. The second-order valence-electron chi connectivity index (χ2n) is 7.14. The Morgan fingerprint density at radius 2 is 1.65 bits per heavy atom. The molecular weight excluding hydrogens is 348 g/mol. The number of rotatable bonds is 6. The van der Waals surface area contributed by atoms with Gasteiger partial charge in [-0.15, -0.1) is 0 Å². The molecule has 1 N–H and O–H groups in total. The summed E-state index contributed by atoms with van der Waals surface area (Å²) in [5.41, 5.74) is 0.874. The monoisotopic (exact) mass is 372 g/mol. The van der Waals surface area contributed by atoms with Crippen LogP contribution >= 0.6 is 0 Å². The lowest BCUT2D eigenvalue weighted by Crippen LogP contribution is -2.45. The maximum atomic E-state index is 12.8. The largest absolute Gasteiger partial charge is 0.314 e. The van der Waals surface area contributed by atoms with Crippen LogP contribution in [0.25, 0.3) is 11.4 Å². The molecule has 0 unspecified atom stereocenters. The Hall–Kier alpha value is -1.83. The van der Waals surface area contributed by atoms with E-state index in [1.807, 2.05) is 30.3 Å². The lowest BCUT2D eigenvalue weighted by Gasteiger charge is -2.31. The minimum Gasteiger partial charge on any atom is -0.314 e. The molecular formula is C19H24N4O2S. The van der Waals surface area contributed by atoms with Crippen LogP contribution in [0.1, 0.15) is 25.7 Å². The van der Waals surface area contributed by atoms with E-state index in [9.17, 15) is 8.42 Å². The number of aromatic nitrogens is 2. The van der Waals surface area contributed by atoms with Gasteiger partial charge in [0.15, 0.2) is 5.82 Å². The van der Waals surface area contributed by atoms with Crippen LogP contribution in [0.5, 0.6) is 0 Å². The van der Waals surface area contributed by atoms with Crippen LogP contribution in [0.2, 0.25) is 0 Å². The first-order chi connectivity index (χ1) is 12.6. The summed E-state index contributed by atoms with van der Waals surface area (Å²) in [6, 6.07) is 9.98. The average Bonchev–Trinajstić information content (AvgIpc) is 3.52. The number of sulfonamides is 1. The quantitative estimate of drug-likeness (QED) is 0.842. The molecule has 1 saturated heterocycles. The number of piperidine rings is 1. The molecule has 1 aliphatic carbocycles. The first kappa shape index (κ1) is 17.6. The maximum absolute atomic E-state index is 12.8. The van der Waals surface area contributed by atoms with Gasteiger partial charge in [-0.2, -0.15) is 4.31 Å². The van der Waals surface area contributed by atoms with Crippen LogP contribution in [0.3, 0.4) is 0 Å². The van der Waals surface area contributed by atoms with Gasteiger partial charge in [0.25, 0.3) is 0 Å². The van der Waals surface area contributed by atoms with Crippen molar-refractivity contribution >= 4 is 10.0 Å². The molecule has 26 heavy (non-hydrogen) atoms. The third-order valence-electron chi connectivity index (χ3n) is 5.14. The molecule has 2 heterocycles. The smallest absolute Gasteiger partial charge is 0.246 e. The van der Waals surface area contributed by atoms with E-state index in [-0.39, 0.29) is 4.90 Å².